The summed E-state index contributed by atoms with van der Waals surface area (Å²) in [7, 11) is 0. The Balaban J connectivity index is 1.46. The minimum absolute atomic E-state index is 0.0590. The minimum atomic E-state index is -0.896. The third-order valence-corrected chi connectivity index (χ3v) is 7.79. The van der Waals surface area contributed by atoms with E-state index in [2.05, 4.69) is 0 Å². The minimum Gasteiger partial charge on any atom is -0.271 e. The molecule has 1 aliphatic carbocycles. The van der Waals surface area contributed by atoms with E-state index in [0.29, 0.717) is 20.5 Å². The molecule has 0 N–H and O–H groups in total. The number of fused-ring (bicyclic) bond motifs is 2. The van der Waals surface area contributed by atoms with Gasteiger partial charge in [0.1, 0.15) is 0 Å². The van der Waals surface area contributed by atoms with Crippen molar-refractivity contribution in [1.29, 1.82) is 0 Å². The van der Waals surface area contributed by atoms with Gasteiger partial charge in [0.05, 0.1) is 32.7 Å². The number of nitrogens with zero attached hydrogens (tertiary/aromatic N) is 3. The van der Waals surface area contributed by atoms with Gasteiger partial charge in [-0.15, -0.1) is 0 Å². The van der Waals surface area contributed by atoms with Crippen molar-refractivity contribution in [2.24, 2.45) is 0 Å². The van der Waals surface area contributed by atoms with E-state index < -0.39 is 34.1 Å². The van der Waals surface area contributed by atoms with Crippen LogP contribution in [0.2, 0.25) is 0 Å². The topological polar surface area (TPSA) is 116 Å². The summed E-state index contributed by atoms with van der Waals surface area (Å²) in [5.41, 5.74) is -2.38. The molecule has 0 atom stereocenters. The summed E-state index contributed by atoms with van der Waals surface area (Å²) < 4.78 is 1.77. The third kappa shape index (κ3) is 2.73. The molecule has 3 heterocycles. The largest absolute Gasteiger partial charge is 0.281 e. The summed E-state index contributed by atoms with van der Waals surface area (Å²) in [5, 5.41) is 1.60. The number of aromatic nitrogens is 2. The van der Waals surface area contributed by atoms with Gasteiger partial charge < -0.3 is 0 Å². The number of hydrogen-bond acceptors (Lipinski definition) is 6. The normalized spacial score (nSPS) is 16.5. The number of benzene rings is 3. The molecule has 0 bridgehead atoms. The number of hydrogen-bond donors (Lipinski definition) is 0. The Bertz CT molecular complexity index is 1920. The predicted molar refractivity (Wildman–Crippen MR) is 138 cm³/mol. The van der Waals surface area contributed by atoms with Crippen LogP contribution in [-0.2, 0) is 0 Å². The van der Waals surface area contributed by atoms with Crippen LogP contribution >= 0.6 is 0 Å². The SMILES string of the molecule is O=C1c2cccc3cccc(c23)C(=O)N1n1c(=O)c2cc3c(=O)n(C4CCCCC4)c(=O)c3cc2c1=O. The first-order valence-electron chi connectivity index (χ1n) is 12.2. The standard InChI is InChI=1S/C28H19N3O6/c32-23-18-12-20-21(13-19(18)24(33)29(23)15-8-2-1-3-9-15)28(37)31(27(20)36)30-25(34)16-10-4-6-14-7-5-11-17(22(14)16)26(30)35/h4-7,10-13,15H,1-3,8-9H2. The van der Waals surface area contributed by atoms with Gasteiger partial charge in [0.15, 0.2) is 0 Å². The fourth-order valence-electron chi connectivity index (χ4n) is 6.03. The molecular weight excluding hydrogens is 474 g/mol. The summed E-state index contributed by atoms with van der Waals surface area (Å²) in [6.45, 7) is 0. The third-order valence-electron chi connectivity index (χ3n) is 7.79. The molecule has 0 saturated heterocycles. The zero-order chi connectivity index (χ0) is 25.6. The van der Waals surface area contributed by atoms with Crippen molar-refractivity contribution in [3.05, 3.63) is 101 Å². The molecule has 2 aromatic heterocycles. The van der Waals surface area contributed by atoms with Crippen LogP contribution in [0.4, 0.5) is 0 Å². The van der Waals surface area contributed by atoms with Crippen molar-refractivity contribution in [3.8, 4) is 0 Å². The molecule has 0 unspecified atom stereocenters. The van der Waals surface area contributed by atoms with E-state index in [1.54, 1.807) is 24.3 Å². The lowest BCUT2D eigenvalue weighted by Gasteiger charge is -2.26. The summed E-state index contributed by atoms with van der Waals surface area (Å²) in [6.07, 6.45) is 4.36. The van der Waals surface area contributed by atoms with Gasteiger partial charge in [0.2, 0.25) is 0 Å². The molecule has 1 fully saturated rings. The predicted octanol–water partition coefficient (Wildman–Crippen LogP) is 2.50. The molecule has 1 aliphatic heterocycles. The van der Waals surface area contributed by atoms with E-state index >= 15 is 0 Å². The van der Waals surface area contributed by atoms with E-state index in [9.17, 15) is 28.8 Å². The quantitative estimate of drug-likeness (QED) is 0.349. The van der Waals surface area contributed by atoms with Crippen LogP contribution in [-0.4, -0.2) is 21.1 Å². The fraction of sp³-hybridized carbons (Fsp3) is 0.214. The van der Waals surface area contributed by atoms with E-state index in [0.717, 1.165) is 32.1 Å². The maximum Gasteiger partial charge on any atom is 0.281 e. The monoisotopic (exact) mass is 493 g/mol. The Labute approximate surface area is 207 Å². The van der Waals surface area contributed by atoms with Gasteiger partial charge in [0.25, 0.3) is 34.1 Å². The molecule has 9 heteroatoms. The van der Waals surface area contributed by atoms with Gasteiger partial charge in [-0.1, -0.05) is 43.5 Å². The van der Waals surface area contributed by atoms with E-state index in [1.807, 2.05) is 0 Å². The second kappa shape index (κ2) is 7.42. The van der Waals surface area contributed by atoms with Crippen molar-refractivity contribution in [1.82, 2.24) is 9.24 Å². The van der Waals surface area contributed by atoms with Crippen molar-refractivity contribution >= 4 is 44.1 Å². The van der Waals surface area contributed by atoms with Crippen LogP contribution in [0.25, 0.3) is 32.3 Å². The molecule has 0 radical (unpaired) electrons. The molecule has 9 nitrogen and oxygen atoms in total. The number of rotatable bonds is 2. The molecule has 37 heavy (non-hydrogen) atoms. The number of amides is 2. The Morgan fingerprint density at radius 1 is 0.595 bits per heavy atom. The van der Waals surface area contributed by atoms with Crippen LogP contribution in [0, 0.1) is 0 Å². The van der Waals surface area contributed by atoms with Gasteiger partial charge in [-0.3, -0.25) is 33.3 Å². The van der Waals surface area contributed by atoms with Gasteiger partial charge in [0, 0.05) is 11.4 Å². The van der Waals surface area contributed by atoms with Gasteiger partial charge >= 0.3 is 0 Å². The summed E-state index contributed by atoms with van der Waals surface area (Å²) >= 11 is 0. The second-order valence-corrected chi connectivity index (χ2v) is 9.77. The molecule has 7 rings (SSSR count). The smallest absolute Gasteiger partial charge is 0.271 e. The number of carbonyl (C=O) groups excluding carboxylic acids is 2. The zero-order valence-corrected chi connectivity index (χ0v) is 19.5. The average molecular weight is 493 g/mol. The molecule has 5 aromatic rings. The van der Waals surface area contributed by atoms with Crippen molar-refractivity contribution in [2.75, 3.05) is 5.01 Å². The molecule has 0 spiro atoms. The lowest BCUT2D eigenvalue weighted by atomic mass is 9.95. The summed E-state index contributed by atoms with van der Waals surface area (Å²) in [4.78, 5) is 80.2. The average Bonchev–Trinajstić information content (AvgIpc) is 3.31. The lowest BCUT2D eigenvalue weighted by Crippen LogP contribution is -2.55. The first kappa shape index (κ1) is 21.6. The molecule has 182 valence electrons. The number of carbonyl (C=O) groups is 2. The van der Waals surface area contributed by atoms with E-state index in [-0.39, 0.29) is 38.7 Å². The molecule has 3 aromatic carbocycles. The highest BCUT2D eigenvalue weighted by molar-refractivity contribution is 6.32. The highest BCUT2D eigenvalue weighted by Gasteiger charge is 2.37. The highest BCUT2D eigenvalue weighted by atomic mass is 16.2. The van der Waals surface area contributed by atoms with Crippen LogP contribution in [0.3, 0.4) is 0 Å². The second-order valence-electron chi connectivity index (χ2n) is 9.77. The first-order valence-corrected chi connectivity index (χ1v) is 12.2. The van der Waals surface area contributed by atoms with E-state index in [4.69, 9.17) is 0 Å². The van der Waals surface area contributed by atoms with Crippen molar-refractivity contribution < 1.29 is 9.59 Å². The number of imide groups is 1. The van der Waals surface area contributed by atoms with E-state index in [1.165, 1.54) is 28.8 Å². The first-order chi connectivity index (χ1) is 17.9. The highest BCUT2D eigenvalue weighted by Crippen LogP contribution is 2.30. The molecule has 2 amide bonds. The van der Waals surface area contributed by atoms with Gasteiger partial charge in [-0.05, 0) is 42.5 Å². The van der Waals surface area contributed by atoms with Crippen LogP contribution in [0.1, 0.15) is 58.9 Å². The maximum atomic E-state index is 13.5. The van der Waals surface area contributed by atoms with Crippen LogP contribution < -0.4 is 27.2 Å². The fourth-order valence-corrected chi connectivity index (χ4v) is 6.03. The Hall–Kier alpha value is -4.66. The Kier molecular flexibility index (Phi) is 4.34. The lowest BCUT2D eigenvalue weighted by molar-refractivity contribution is 0.0849. The summed E-state index contributed by atoms with van der Waals surface area (Å²) in [6, 6.07) is 12.2. The zero-order valence-electron chi connectivity index (χ0n) is 19.5. The summed E-state index contributed by atoms with van der Waals surface area (Å²) in [5.74, 6) is -1.60. The van der Waals surface area contributed by atoms with Crippen LogP contribution in [0.5, 0.6) is 0 Å². The van der Waals surface area contributed by atoms with Gasteiger partial charge in [-0.25, -0.2) is 0 Å². The molecule has 2 aliphatic rings. The molecular formula is C28H19N3O6. The maximum absolute atomic E-state index is 13.5. The van der Waals surface area contributed by atoms with Crippen molar-refractivity contribution in [3.63, 3.8) is 0 Å². The van der Waals surface area contributed by atoms with Crippen molar-refractivity contribution in [2.45, 2.75) is 38.1 Å². The Morgan fingerprint density at radius 2 is 1.08 bits per heavy atom. The molecule has 1 saturated carbocycles. The van der Waals surface area contributed by atoms with Gasteiger partial charge in [-0.2, -0.15) is 9.69 Å². The Morgan fingerprint density at radius 3 is 1.59 bits per heavy atom. The van der Waals surface area contributed by atoms with Crippen LogP contribution in [0.15, 0.2) is 67.7 Å².